The first kappa shape index (κ1) is 12.1. The van der Waals surface area contributed by atoms with E-state index in [4.69, 9.17) is 11.6 Å². The van der Waals surface area contributed by atoms with Crippen molar-refractivity contribution in [2.45, 2.75) is 25.7 Å². The molecule has 0 N–H and O–H groups in total. The third kappa shape index (κ3) is 6.28. The van der Waals surface area contributed by atoms with Crippen LogP contribution in [0.2, 0.25) is 0 Å². The summed E-state index contributed by atoms with van der Waals surface area (Å²) in [5.41, 5.74) is 0. The van der Waals surface area contributed by atoms with Crippen LogP contribution in [-0.4, -0.2) is 24.1 Å². The molecule has 0 heterocycles. The van der Waals surface area contributed by atoms with Crippen LogP contribution in [0.15, 0.2) is 0 Å². The number of ether oxygens (including phenoxy) is 1. The van der Waals surface area contributed by atoms with Gasteiger partial charge in [0.2, 0.25) is 11.0 Å². The Bertz CT molecular complexity index is 212. The highest BCUT2D eigenvalue weighted by Gasteiger charge is 2.12. The molecule has 0 aromatic heterocycles. The molecular weight excluding hydrogens is 196 g/mol. The van der Waals surface area contributed by atoms with Crippen molar-refractivity contribution in [2.24, 2.45) is 0 Å². The highest BCUT2D eigenvalue weighted by molar-refractivity contribution is 6.63. The third-order valence-electron chi connectivity index (χ3n) is 1.44. The number of rotatable bonds is 6. The Labute approximate surface area is 81.2 Å². The monoisotopic (exact) mass is 206 g/mol. The number of hydrogen-bond acceptors (Lipinski definition) is 4. The van der Waals surface area contributed by atoms with Crippen molar-refractivity contribution in [2.75, 3.05) is 7.11 Å². The van der Waals surface area contributed by atoms with Crippen molar-refractivity contribution in [1.29, 1.82) is 0 Å². The molecule has 0 fully saturated rings. The zero-order valence-electron chi connectivity index (χ0n) is 7.34. The lowest BCUT2D eigenvalue weighted by Crippen LogP contribution is -2.14. The van der Waals surface area contributed by atoms with Gasteiger partial charge in [-0.2, -0.15) is 0 Å². The molecule has 5 heteroatoms. The number of ketones is 1. The smallest absolute Gasteiger partial charge is 0.374 e. The maximum atomic E-state index is 10.8. The molecule has 0 unspecified atom stereocenters. The summed E-state index contributed by atoms with van der Waals surface area (Å²) < 4.78 is 4.21. The van der Waals surface area contributed by atoms with Gasteiger partial charge in [0, 0.05) is 12.8 Å². The maximum absolute atomic E-state index is 10.8. The predicted molar refractivity (Wildman–Crippen MR) is 46.4 cm³/mol. The number of hydrogen-bond donors (Lipinski definition) is 0. The molecule has 0 amide bonds. The number of esters is 1. The van der Waals surface area contributed by atoms with Crippen LogP contribution in [0.5, 0.6) is 0 Å². The van der Waals surface area contributed by atoms with Gasteiger partial charge >= 0.3 is 5.97 Å². The van der Waals surface area contributed by atoms with Gasteiger partial charge in [-0.15, -0.1) is 0 Å². The van der Waals surface area contributed by atoms with Crippen LogP contribution in [0.25, 0.3) is 0 Å². The Morgan fingerprint density at radius 2 is 1.69 bits per heavy atom. The molecule has 0 aliphatic heterocycles. The molecule has 0 aromatic rings. The molecule has 13 heavy (non-hydrogen) atoms. The van der Waals surface area contributed by atoms with E-state index in [2.05, 4.69) is 4.74 Å². The van der Waals surface area contributed by atoms with Crippen LogP contribution in [0.4, 0.5) is 0 Å². The van der Waals surface area contributed by atoms with Crippen molar-refractivity contribution in [3.05, 3.63) is 0 Å². The Balaban J connectivity index is 3.48. The maximum Gasteiger partial charge on any atom is 0.374 e. The van der Waals surface area contributed by atoms with Gasteiger partial charge in [0.15, 0.2) is 0 Å². The summed E-state index contributed by atoms with van der Waals surface area (Å²) >= 11 is 5.07. The zero-order chi connectivity index (χ0) is 10.3. The molecule has 0 atom stereocenters. The summed E-state index contributed by atoms with van der Waals surface area (Å²) in [6, 6.07) is 0. The highest BCUT2D eigenvalue weighted by Crippen LogP contribution is 2.03. The topological polar surface area (TPSA) is 60.4 Å². The van der Waals surface area contributed by atoms with E-state index in [1.165, 1.54) is 0 Å². The van der Waals surface area contributed by atoms with Gasteiger partial charge in [-0.25, -0.2) is 4.79 Å². The molecule has 0 saturated heterocycles. The zero-order valence-corrected chi connectivity index (χ0v) is 8.10. The largest absolute Gasteiger partial charge is 0.463 e. The van der Waals surface area contributed by atoms with Crippen LogP contribution in [0.1, 0.15) is 25.7 Å². The highest BCUT2D eigenvalue weighted by atomic mass is 35.5. The van der Waals surface area contributed by atoms with E-state index in [0.29, 0.717) is 12.8 Å². The van der Waals surface area contributed by atoms with Crippen molar-refractivity contribution in [3.8, 4) is 0 Å². The lowest BCUT2D eigenvalue weighted by atomic mass is 10.1. The Morgan fingerprint density at radius 1 is 1.15 bits per heavy atom. The Hall–Kier alpha value is -0.900. The summed E-state index contributed by atoms with van der Waals surface area (Å²) in [6.07, 6.45) is 1.34. The third-order valence-corrected chi connectivity index (χ3v) is 1.63. The number of methoxy groups -OCH3 is 1. The minimum absolute atomic E-state index is 0.108. The molecule has 0 radical (unpaired) electrons. The SMILES string of the molecule is COC(=O)C(=O)CCCCC(=O)Cl. The first-order valence-electron chi connectivity index (χ1n) is 3.87. The second kappa shape index (κ2) is 6.60. The number of carbonyl (C=O) groups is 3. The lowest BCUT2D eigenvalue weighted by molar-refractivity contribution is -0.151. The lowest BCUT2D eigenvalue weighted by Gasteiger charge is -1.97. The van der Waals surface area contributed by atoms with Crippen molar-refractivity contribution in [1.82, 2.24) is 0 Å². The summed E-state index contributed by atoms with van der Waals surface area (Å²) in [6.45, 7) is 0. The quantitative estimate of drug-likeness (QED) is 0.282. The predicted octanol–water partition coefficient (Wildman–Crippen LogP) is 1.05. The van der Waals surface area contributed by atoms with E-state index in [1.807, 2.05) is 0 Å². The summed E-state index contributed by atoms with van der Waals surface area (Å²) in [5.74, 6) is -1.40. The molecule has 4 nitrogen and oxygen atoms in total. The summed E-state index contributed by atoms with van der Waals surface area (Å²) in [7, 11) is 1.16. The van der Waals surface area contributed by atoms with E-state index in [1.54, 1.807) is 0 Å². The molecular formula is C8H11ClO4. The average molecular weight is 207 g/mol. The minimum Gasteiger partial charge on any atom is -0.463 e. The average Bonchev–Trinajstić information content (AvgIpc) is 2.10. The van der Waals surface area contributed by atoms with Gasteiger partial charge in [0.1, 0.15) is 0 Å². The van der Waals surface area contributed by atoms with Crippen LogP contribution in [0.3, 0.4) is 0 Å². The van der Waals surface area contributed by atoms with Crippen LogP contribution >= 0.6 is 11.6 Å². The Morgan fingerprint density at radius 3 is 2.15 bits per heavy atom. The van der Waals surface area contributed by atoms with Gasteiger partial charge in [0.05, 0.1) is 7.11 Å². The van der Waals surface area contributed by atoms with Crippen LogP contribution in [0, 0.1) is 0 Å². The van der Waals surface area contributed by atoms with E-state index in [-0.39, 0.29) is 12.8 Å². The van der Waals surface area contributed by atoms with Gasteiger partial charge in [0.25, 0.3) is 0 Å². The first-order chi connectivity index (χ1) is 6.07. The number of carbonyl (C=O) groups excluding carboxylic acids is 3. The normalized spacial score (nSPS) is 9.38. The minimum atomic E-state index is -0.836. The molecule has 0 aliphatic rings. The van der Waals surface area contributed by atoms with Crippen LogP contribution in [-0.2, 0) is 19.1 Å². The van der Waals surface area contributed by atoms with E-state index in [0.717, 1.165) is 7.11 Å². The van der Waals surface area contributed by atoms with Crippen molar-refractivity contribution >= 4 is 28.6 Å². The molecule has 0 aliphatic carbocycles. The van der Waals surface area contributed by atoms with E-state index < -0.39 is 17.0 Å². The standard InChI is InChI=1S/C8H11ClO4/c1-13-8(12)6(10)4-2-3-5-7(9)11/h2-5H2,1H3. The van der Waals surface area contributed by atoms with Gasteiger partial charge in [-0.3, -0.25) is 9.59 Å². The van der Waals surface area contributed by atoms with Crippen molar-refractivity contribution in [3.63, 3.8) is 0 Å². The van der Waals surface area contributed by atoms with Gasteiger partial charge in [-0.05, 0) is 24.4 Å². The van der Waals surface area contributed by atoms with Gasteiger partial charge in [-0.1, -0.05) is 0 Å². The Kier molecular flexibility index (Phi) is 6.14. The van der Waals surface area contributed by atoms with Crippen LogP contribution < -0.4 is 0 Å². The second-order valence-corrected chi connectivity index (χ2v) is 2.90. The molecule has 0 aromatic carbocycles. The molecule has 0 rings (SSSR count). The number of halogens is 1. The molecule has 0 saturated carbocycles. The summed E-state index contributed by atoms with van der Waals surface area (Å²) in [5, 5.41) is -0.425. The summed E-state index contributed by atoms with van der Waals surface area (Å²) in [4.78, 5) is 31.7. The fraction of sp³-hybridized carbons (Fsp3) is 0.625. The van der Waals surface area contributed by atoms with E-state index >= 15 is 0 Å². The van der Waals surface area contributed by atoms with Gasteiger partial charge < -0.3 is 4.74 Å². The second-order valence-electron chi connectivity index (χ2n) is 2.48. The van der Waals surface area contributed by atoms with Crippen molar-refractivity contribution < 1.29 is 19.1 Å². The molecule has 0 spiro atoms. The fourth-order valence-corrected chi connectivity index (χ4v) is 0.899. The first-order valence-corrected chi connectivity index (χ1v) is 4.25. The molecule has 0 bridgehead atoms. The van der Waals surface area contributed by atoms with E-state index in [9.17, 15) is 14.4 Å². The molecule has 74 valence electrons. The number of Topliss-reactive ketones (excluding diaryl/α,β-unsaturated/α-hetero) is 1. The number of unbranched alkanes of at least 4 members (excludes halogenated alkanes) is 1. The fourth-order valence-electron chi connectivity index (χ4n) is 0.765.